The van der Waals surface area contributed by atoms with Crippen molar-refractivity contribution in [1.82, 2.24) is 4.90 Å². The van der Waals surface area contributed by atoms with Crippen LogP contribution in [0.2, 0.25) is 0 Å². The van der Waals surface area contributed by atoms with Crippen LogP contribution in [0.15, 0.2) is 66.7 Å². The van der Waals surface area contributed by atoms with E-state index in [1.54, 1.807) is 46.2 Å². The molecule has 0 radical (unpaired) electrons. The van der Waals surface area contributed by atoms with Crippen LogP contribution in [0.3, 0.4) is 0 Å². The van der Waals surface area contributed by atoms with Crippen LogP contribution in [-0.4, -0.2) is 42.4 Å². The second kappa shape index (κ2) is 9.03. The van der Waals surface area contributed by atoms with Gasteiger partial charge in [-0.3, -0.25) is 19.3 Å². The van der Waals surface area contributed by atoms with Crippen molar-refractivity contribution in [3.63, 3.8) is 0 Å². The van der Waals surface area contributed by atoms with Crippen LogP contribution in [-0.2, 0) is 4.79 Å². The lowest BCUT2D eigenvalue weighted by atomic mass is 10.0. The van der Waals surface area contributed by atoms with Gasteiger partial charge in [-0.15, -0.1) is 0 Å². The number of carbonyl (C=O) groups is 3. The summed E-state index contributed by atoms with van der Waals surface area (Å²) in [5.74, 6) is 0.874. The van der Waals surface area contributed by atoms with E-state index in [-0.39, 0.29) is 24.1 Å². The Bertz CT molecular complexity index is 1370. The number of hydrogen-bond donors (Lipinski definition) is 1. The van der Waals surface area contributed by atoms with Crippen LogP contribution >= 0.6 is 0 Å². The van der Waals surface area contributed by atoms with Crippen LogP contribution in [0.1, 0.15) is 51.7 Å². The Kier molecular flexibility index (Phi) is 5.56. The number of carbonyl (C=O) groups excluding carboxylic acids is 3. The Morgan fingerprint density at radius 1 is 0.889 bits per heavy atom. The van der Waals surface area contributed by atoms with Crippen molar-refractivity contribution in [2.75, 3.05) is 30.0 Å². The topological polar surface area (TPSA) is 88.2 Å². The molecule has 8 heteroatoms. The van der Waals surface area contributed by atoms with Gasteiger partial charge in [-0.1, -0.05) is 30.3 Å². The highest BCUT2D eigenvalue weighted by Gasteiger charge is 2.47. The number of anilines is 2. The van der Waals surface area contributed by atoms with Crippen molar-refractivity contribution in [1.29, 1.82) is 0 Å². The number of amides is 3. The molecule has 6 rings (SSSR count). The summed E-state index contributed by atoms with van der Waals surface area (Å²) in [7, 11) is 0. The molecule has 3 aliphatic rings. The second-order valence-electron chi connectivity index (χ2n) is 9.02. The van der Waals surface area contributed by atoms with Crippen LogP contribution in [0.5, 0.6) is 11.5 Å². The van der Waals surface area contributed by atoms with E-state index in [1.807, 2.05) is 30.3 Å². The maximum absolute atomic E-state index is 13.5. The van der Waals surface area contributed by atoms with E-state index >= 15 is 0 Å². The second-order valence-corrected chi connectivity index (χ2v) is 9.02. The van der Waals surface area contributed by atoms with Gasteiger partial charge >= 0.3 is 0 Å². The van der Waals surface area contributed by atoms with E-state index in [0.717, 1.165) is 12.0 Å². The number of nitrogens with zero attached hydrogens (tertiary/aromatic N) is 2. The Morgan fingerprint density at radius 3 is 2.50 bits per heavy atom. The molecule has 0 aliphatic carbocycles. The van der Waals surface area contributed by atoms with E-state index in [9.17, 15) is 14.4 Å². The van der Waals surface area contributed by atoms with Crippen LogP contribution in [0.4, 0.5) is 11.4 Å². The third kappa shape index (κ3) is 3.75. The molecular weight excluding hydrogens is 458 g/mol. The molecule has 1 unspecified atom stereocenters. The van der Waals surface area contributed by atoms with Crippen molar-refractivity contribution in [3.05, 3.63) is 83.4 Å². The van der Waals surface area contributed by atoms with E-state index in [4.69, 9.17) is 9.47 Å². The van der Waals surface area contributed by atoms with E-state index < -0.39 is 6.17 Å². The van der Waals surface area contributed by atoms with Gasteiger partial charge in [0.05, 0.1) is 24.5 Å². The smallest absolute Gasteiger partial charge is 0.260 e. The van der Waals surface area contributed by atoms with Gasteiger partial charge in [0.25, 0.3) is 11.8 Å². The maximum Gasteiger partial charge on any atom is 0.260 e. The van der Waals surface area contributed by atoms with E-state index in [1.165, 1.54) is 0 Å². The van der Waals surface area contributed by atoms with Gasteiger partial charge in [0.1, 0.15) is 6.17 Å². The van der Waals surface area contributed by atoms with Crippen LogP contribution < -0.4 is 19.7 Å². The zero-order chi connectivity index (χ0) is 24.6. The van der Waals surface area contributed by atoms with Crippen molar-refractivity contribution in [3.8, 4) is 11.5 Å². The van der Waals surface area contributed by atoms with Gasteiger partial charge in [-0.25, -0.2) is 0 Å². The minimum Gasteiger partial charge on any atom is -0.490 e. The predicted molar refractivity (Wildman–Crippen MR) is 133 cm³/mol. The molecule has 0 saturated carbocycles. The summed E-state index contributed by atoms with van der Waals surface area (Å²) in [6.07, 6.45) is 0.971. The zero-order valence-electron chi connectivity index (χ0n) is 19.6. The minimum atomic E-state index is -0.513. The van der Waals surface area contributed by atoms with Crippen LogP contribution in [0, 0.1) is 0 Å². The largest absolute Gasteiger partial charge is 0.490 e. The third-order valence-corrected chi connectivity index (χ3v) is 6.72. The summed E-state index contributed by atoms with van der Waals surface area (Å²) < 4.78 is 11.3. The normalized spacial score (nSPS) is 17.7. The molecule has 3 amide bonds. The fourth-order valence-electron chi connectivity index (χ4n) is 5.07. The molecule has 3 heterocycles. The molecule has 0 bridgehead atoms. The fourth-order valence-corrected chi connectivity index (χ4v) is 5.07. The molecular formula is C28H25N3O5. The first-order valence-electron chi connectivity index (χ1n) is 12.1. The van der Waals surface area contributed by atoms with Gasteiger partial charge < -0.3 is 19.7 Å². The highest BCUT2D eigenvalue weighted by atomic mass is 16.5. The molecule has 8 nitrogen and oxygen atoms in total. The van der Waals surface area contributed by atoms with E-state index in [0.29, 0.717) is 60.2 Å². The average Bonchev–Trinajstić information content (AvgIpc) is 3.03. The third-order valence-electron chi connectivity index (χ3n) is 6.72. The summed E-state index contributed by atoms with van der Waals surface area (Å²) in [6, 6.07) is 19.9. The Morgan fingerprint density at radius 2 is 1.64 bits per heavy atom. The lowest BCUT2D eigenvalue weighted by Gasteiger charge is -2.41. The molecule has 36 heavy (non-hydrogen) atoms. The molecule has 1 atom stereocenters. The molecule has 1 N–H and O–H groups in total. The number of benzene rings is 3. The van der Waals surface area contributed by atoms with Crippen molar-refractivity contribution >= 4 is 29.1 Å². The van der Waals surface area contributed by atoms with Gasteiger partial charge in [-0.2, -0.15) is 0 Å². The number of nitrogens with one attached hydrogen (secondary N) is 1. The molecule has 182 valence electrons. The van der Waals surface area contributed by atoms with Gasteiger partial charge in [-0.05, 0) is 36.8 Å². The average molecular weight is 484 g/mol. The molecule has 0 spiro atoms. The van der Waals surface area contributed by atoms with Crippen molar-refractivity contribution < 1.29 is 23.9 Å². The number of para-hydroxylation sites is 1. The summed E-state index contributed by atoms with van der Waals surface area (Å²) in [4.78, 5) is 42.8. The zero-order valence-corrected chi connectivity index (χ0v) is 19.6. The number of ether oxygens (including phenoxy) is 2. The minimum absolute atomic E-state index is 0.118. The first kappa shape index (κ1) is 22.2. The summed E-state index contributed by atoms with van der Waals surface area (Å²) in [5, 5.41) is 2.90. The number of hydrogen-bond acceptors (Lipinski definition) is 5. The number of fused-ring (bicyclic) bond motifs is 6. The predicted octanol–water partition coefficient (Wildman–Crippen LogP) is 4.38. The lowest BCUT2D eigenvalue weighted by molar-refractivity contribution is -0.116. The molecule has 3 aromatic rings. The molecule has 0 fully saturated rings. The summed E-state index contributed by atoms with van der Waals surface area (Å²) in [5.41, 5.74) is 3.16. The monoisotopic (exact) mass is 483 g/mol. The van der Waals surface area contributed by atoms with Gasteiger partial charge in [0, 0.05) is 42.3 Å². The first-order valence-corrected chi connectivity index (χ1v) is 12.1. The summed E-state index contributed by atoms with van der Waals surface area (Å²) in [6.45, 7) is 1.51. The van der Waals surface area contributed by atoms with E-state index in [2.05, 4.69) is 5.32 Å². The highest BCUT2D eigenvalue weighted by Crippen LogP contribution is 2.45. The molecule has 0 aromatic heterocycles. The van der Waals surface area contributed by atoms with Crippen molar-refractivity contribution in [2.24, 2.45) is 0 Å². The fraction of sp³-hybridized carbons (Fsp3) is 0.250. The van der Waals surface area contributed by atoms with Gasteiger partial charge in [0.15, 0.2) is 11.5 Å². The maximum atomic E-state index is 13.5. The summed E-state index contributed by atoms with van der Waals surface area (Å²) >= 11 is 0. The Balaban J connectivity index is 1.17. The molecule has 0 saturated heterocycles. The van der Waals surface area contributed by atoms with Crippen LogP contribution in [0.25, 0.3) is 0 Å². The molecule has 3 aliphatic heterocycles. The van der Waals surface area contributed by atoms with Gasteiger partial charge in [0.2, 0.25) is 5.91 Å². The Hall–Kier alpha value is -4.33. The standard InChI is InChI=1S/C28H25N3O5/c32-25(29-18-12-13-23-24(17-18)36-16-6-15-35-23)11-5-14-30-26-19-7-1-2-8-20(19)28(34)31(26)22-10-4-3-9-21(22)27(30)33/h1-4,7-10,12-13,17,26H,5-6,11,14-16H2,(H,29,32). The highest BCUT2D eigenvalue weighted by molar-refractivity contribution is 6.16. The number of rotatable bonds is 5. The molecule has 3 aromatic carbocycles. The SMILES string of the molecule is O=C(CCCN1C(=O)c2ccccc2N2C(=O)c3ccccc3C12)Nc1ccc2c(c1)OCCCO2. The Labute approximate surface area is 208 Å². The lowest BCUT2D eigenvalue weighted by Crippen LogP contribution is -2.48. The quantitative estimate of drug-likeness (QED) is 0.582. The first-order chi connectivity index (χ1) is 17.6. The van der Waals surface area contributed by atoms with Crippen molar-refractivity contribution in [2.45, 2.75) is 25.4 Å².